The van der Waals surface area contributed by atoms with Crippen molar-refractivity contribution < 1.29 is 18.0 Å². The Hall–Kier alpha value is -1.72. The lowest BCUT2D eigenvalue weighted by molar-refractivity contribution is -0.186. The predicted octanol–water partition coefficient (Wildman–Crippen LogP) is 2.59. The maximum Gasteiger partial charge on any atom is 0.471 e. The molecule has 2 N–H and O–H groups in total. The van der Waals surface area contributed by atoms with Crippen LogP contribution in [0.3, 0.4) is 0 Å². The monoisotopic (exact) mass is 284 g/mol. The average Bonchev–Trinajstić information content (AvgIpc) is 3.19. The first-order chi connectivity index (χ1) is 9.36. The van der Waals surface area contributed by atoms with Gasteiger partial charge in [-0.15, -0.1) is 0 Å². The average molecular weight is 284 g/mol. The molecular formula is C14H15F3N2O. The van der Waals surface area contributed by atoms with Crippen LogP contribution in [-0.4, -0.2) is 23.5 Å². The summed E-state index contributed by atoms with van der Waals surface area (Å²) in [6.07, 6.45) is -2.10. The second-order valence-electron chi connectivity index (χ2n) is 5.50. The largest absolute Gasteiger partial charge is 0.471 e. The van der Waals surface area contributed by atoms with Crippen LogP contribution in [-0.2, 0) is 17.8 Å². The number of halogens is 3. The zero-order valence-electron chi connectivity index (χ0n) is 10.8. The van der Waals surface area contributed by atoms with E-state index >= 15 is 0 Å². The summed E-state index contributed by atoms with van der Waals surface area (Å²) in [7, 11) is 0. The second kappa shape index (κ2) is 4.40. The number of carbonyl (C=O) groups is 1. The van der Waals surface area contributed by atoms with Crippen molar-refractivity contribution in [1.82, 2.24) is 4.90 Å². The molecule has 1 aromatic rings. The molecular weight excluding hydrogens is 269 g/mol. The fourth-order valence-electron chi connectivity index (χ4n) is 2.75. The first-order valence-corrected chi connectivity index (χ1v) is 6.63. The number of anilines is 1. The van der Waals surface area contributed by atoms with E-state index < -0.39 is 12.1 Å². The van der Waals surface area contributed by atoms with Gasteiger partial charge in [-0.05, 0) is 47.9 Å². The Morgan fingerprint density at radius 2 is 1.95 bits per heavy atom. The van der Waals surface area contributed by atoms with Crippen LogP contribution in [0.1, 0.15) is 35.4 Å². The maximum atomic E-state index is 12.5. The number of amides is 1. The van der Waals surface area contributed by atoms with Crippen LogP contribution in [0.15, 0.2) is 12.1 Å². The zero-order chi connectivity index (χ0) is 14.5. The van der Waals surface area contributed by atoms with Crippen molar-refractivity contribution in [2.75, 3.05) is 12.3 Å². The third-order valence-corrected chi connectivity index (χ3v) is 3.96. The van der Waals surface area contributed by atoms with Crippen molar-refractivity contribution in [1.29, 1.82) is 0 Å². The van der Waals surface area contributed by atoms with Gasteiger partial charge in [0.2, 0.25) is 0 Å². The van der Waals surface area contributed by atoms with Gasteiger partial charge in [-0.2, -0.15) is 13.2 Å². The Bertz CT molecular complexity index is 564. The van der Waals surface area contributed by atoms with Crippen LogP contribution in [0.4, 0.5) is 18.9 Å². The Morgan fingerprint density at radius 1 is 1.25 bits per heavy atom. The normalized spacial score (nSPS) is 18.9. The van der Waals surface area contributed by atoms with Gasteiger partial charge in [0.15, 0.2) is 0 Å². The molecule has 20 heavy (non-hydrogen) atoms. The Balaban J connectivity index is 1.85. The highest BCUT2D eigenvalue weighted by Crippen LogP contribution is 2.44. The molecule has 1 aliphatic carbocycles. The van der Waals surface area contributed by atoms with Crippen LogP contribution in [0, 0.1) is 0 Å². The van der Waals surface area contributed by atoms with Crippen LogP contribution < -0.4 is 5.73 Å². The van der Waals surface area contributed by atoms with E-state index in [1.165, 1.54) is 0 Å². The van der Waals surface area contributed by atoms with E-state index in [-0.39, 0.29) is 13.1 Å². The van der Waals surface area contributed by atoms with Gasteiger partial charge in [-0.3, -0.25) is 4.79 Å². The molecule has 3 nitrogen and oxygen atoms in total. The first-order valence-electron chi connectivity index (χ1n) is 6.63. The third kappa shape index (κ3) is 2.34. The molecule has 0 spiro atoms. The van der Waals surface area contributed by atoms with Gasteiger partial charge in [0.1, 0.15) is 0 Å². The van der Waals surface area contributed by atoms with Crippen molar-refractivity contribution in [3.05, 3.63) is 28.8 Å². The number of alkyl halides is 3. The smallest absolute Gasteiger partial charge is 0.398 e. The highest BCUT2D eigenvalue weighted by atomic mass is 19.4. The molecule has 0 atom stereocenters. The first kappa shape index (κ1) is 13.3. The highest BCUT2D eigenvalue weighted by molar-refractivity contribution is 5.82. The van der Waals surface area contributed by atoms with Crippen LogP contribution in [0.2, 0.25) is 0 Å². The molecule has 108 valence electrons. The Morgan fingerprint density at radius 3 is 2.55 bits per heavy atom. The number of hydrogen-bond acceptors (Lipinski definition) is 2. The van der Waals surface area contributed by atoms with Crippen LogP contribution in [0.5, 0.6) is 0 Å². The minimum absolute atomic E-state index is 0.0111. The molecule has 1 amide bonds. The minimum Gasteiger partial charge on any atom is -0.398 e. The summed E-state index contributed by atoms with van der Waals surface area (Å²) in [6, 6.07) is 3.75. The van der Waals surface area contributed by atoms with Crippen molar-refractivity contribution in [3.8, 4) is 0 Å². The van der Waals surface area contributed by atoms with Gasteiger partial charge in [-0.1, -0.05) is 6.07 Å². The fourth-order valence-corrected chi connectivity index (χ4v) is 2.75. The van der Waals surface area contributed by atoms with Gasteiger partial charge >= 0.3 is 12.1 Å². The summed E-state index contributed by atoms with van der Waals surface area (Å²) < 4.78 is 37.4. The van der Waals surface area contributed by atoms with E-state index in [1.54, 1.807) is 6.07 Å². The summed E-state index contributed by atoms with van der Waals surface area (Å²) in [5.74, 6) is -1.26. The van der Waals surface area contributed by atoms with Gasteiger partial charge in [-0.25, -0.2) is 0 Å². The van der Waals surface area contributed by atoms with E-state index in [2.05, 4.69) is 0 Å². The van der Waals surface area contributed by atoms with Crippen LogP contribution in [0.25, 0.3) is 0 Å². The van der Waals surface area contributed by atoms with E-state index in [0.717, 1.165) is 34.4 Å². The molecule has 0 bridgehead atoms. The molecule has 1 aromatic carbocycles. The molecule has 0 unspecified atom stereocenters. The number of benzene rings is 1. The zero-order valence-corrected chi connectivity index (χ0v) is 10.8. The lowest BCUT2D eigenvalue weighted by Gasteiger charge is -2.30. The third-order valence-electron chi connectivity index (χ3n) is 3.96. The molecule has 0 aromatic heterocycles. The summed E-state index contributed by atoms with van der Waals surface area (Å²) in [4.78, 5) is 12.1. The number of nitrogens with two attached hydrogens (primary N) is 1. The second-order valence-corrected chi connectivity index (χ2v) is 5.50. The van der Waals surface area contributed by atoms with E-state index in [1.807, 2.05) is 6.07 Å². The molecule has 0 saturated heterocycles. The molecule has 0 radical (unpaired) electrons. The minimum atomic E-state index is -4.81. The quantitative estimate of drug-likeness (QED) is 0.806. The molecule has 1 fully saturated rings. The number of fused-ring (bicyclic) bond motifs is 1. The van der Waals surface area contributed by atoms with Crippen LogP contribution >= 0.6 is 0 Å². The van der Waals surface area contributed by atoms with Gasteiger partial charge in [0, 0.05) is 18.8 Å². The summed E-state index contributed by atoms with van der Waals surface area (Å²) >= 11 is 0. The number of rotatable bonds is 1. The van der Waals surface area contributed by atoms with Gasteiger partial charge in [0.05, 0.1) is 0 Å². The summed E-state index contributed by atoms with van der Waals surface area (Å²) in [5.41, 5.74) is 9.46. The molecule has 1 heterocycles. The standard InChI is InChI=1S/C14H15F3N2O/c15-14(16,17)13(20)19-4-3-9-5-11(8-1-2-8)12(18)6-10(9)7-19/h5-6,8H,1-4,7,18H2. The molecule has 1 aliphatic heterocycles. The number of carbonyl (C=O) groups excluding carboxylic acids is 1. The Kier molecular flexibility index (Phi) is 2.92. The number of nitrogens with zero attached hydrogens (tertiary/aromatic N) is 1. The van der Waals surface area contributed by atoms with Gasteiger partial charge < -0.3 is 10.6 Å². The van der Waals surface area contributed by atoms with Gasteiger partial charge in [0.25, 0.3) is 0 Å². The van der Waals surface area contributed by atoms with Crippen molar-refractivity contribution in [2.45, 2.75) is 37.9 Å². The molecule has 3 rings (SSSR count). The lowest BCUT2D eigenvalue weighted by Crippen LogP contribution is -2.43. The molecule has 6 heteroatoms. The van der Waals surface area contributed by atoms with Crippen molar-refractivity contribution in [2.24, 2.45) is 0 Å². The van der Waals surface area contributed by atoms with E-state index in [9.17, 15) is 18.0 Å². The predicted molar refractivity (Wildman–Crippen MR) is 68.0 cm³/mol. The number of hydrogen-bond donors (Lipinski definition) is 1. The SMILES string of the molecule is Nc1cc2c(cc1C1CC1)CCN(C(=O)C(F)(F)F)C2. The maximum absolute atomic E-state index is 12.5. The number of nitrogen functional groups attached to an aromatic ring is 1. The van der Waals surface area contributed by atoms with E-state index in [4.69, 9.17) is 5.73 Å². The Labute approximate surface area is 114 Å². The van der Waals surface area contributed by atoms with Crippen molar-refractivity contribution >= 4 is 11.6 Å². The highest BCUT2D eigenvalue weighted by Gasteiger charge is 2.43. The summed E-state index contributed by atoms with van der Waals surface area (Å²) in [5, 5.41) is 0. The topological polar surface area (TPSA) is 46.3 Å². The van der Waals surface area contributed by atoms with E-state index in [0.29, 0.717) is 18.0 Å². The summed E-state index contributed by atoms with van der Waals surface area (Å²) in [6.45, 7) is 0.0994. The van der Waals surface area contributed by atoms with Crippen molar-refractivity contribution in [3.63, 3.8) is 0 Å². The molecule has 1 saturated carbocycles. The lowest BCUT2D eigenvalue weighted by atomic mass is 9.94. The molecule has 2 aliphatic rings. The fraction of sp³-hybridized carbons (Fsp3) is 0.500.